The molecule has 2 aromatic carbocycles. The van der Waals surface area contributed by atoms with Crippen molar-refractivity contribution in [3.63, 3.8) is 0 Å². The third-order valence-electron chi connectivity index (χ3n) is 6.16. The van der Waals surface area contributed by atoms with Gasteiger partial charge < -0.3 is 16.2 Å². The maximum absolute atomic E-state index is 13.6. The van der Waals surface area contributed by atoms with Crippen LogP contribution in [-0.4, -0.2) is 23.7 Å². The van der Waals surface area contributed by atoms with Crippen LogP contribution in [0.3, 0.4) is 0 Å². The third kappa shape index (κ3) is 6.57. The van der Waals surface area contributed by atoms with E-state index in [0.717, 1.165) is 41.8 Å². The zero-order valence-corrected chi connectivity index (χ0v) is 19.0. The summed E-state index contributed by atoms with van der Waals surface area (Å²) < 4.78 is 28.2. The summed E-state index contributed by atoms with van der Waals surface area (Å²) in [4.78, 5) is 11.6. The van der Waals surface area contributed by atoms with Crippen molar-refractivity contribution in [2.75, 3.05) is 6.54 Å². The number of aliphatic hydroxyl groups is 1. The summed E-state index contributed by atoms with van der Waals surface area (Å²) in [5.74, 6) is -2.47. The lowest BCUT2D eigenvalue weighted by molar-refractivity contribution is -0.119. The highest BCUT2D eigenvalue weighted by Gasteiger charge is 2.35. The zero-order chi connectivity index (χ0) is 22.4. The van der Waals surface area contributed by atoms with E-state index in [1.54, 1.807) is 0 Å². The molecule has 168 valence electrons. The van der Waals surface area contributed by atoms with Gasteiger partial charge in [-0.15, -0.1) is 0 Å². The van der Waals surface area contributed by atoms with E-state index in [4.69, 9.17) is 5.73 Å². The molecule has 1 fully saturated rings. The van der Waals surface area contributed by atoms with Gasteiger partial charge in [0.15, 0.2) is 0 Å². The monoisotopic (exact) mass is 494 g/mol. The molecule has 3 rings (SSSR count). The number of aliphatic hydroxyl groups excluding tert-OH is 1. The Morgan fingerprint density at radius 3 is 2.42 bits per heavy atom. The largest absolute Gasteiger partial charge is 0.391 e. The van der Waals surface area contributed by atoms with Gasteiger partial charge in [-0.25, -0.2) is 8.78 Å². The zero-order valence-electron chi connectivity index (χ0n) is 17.4. The summed E-state index contributed by atoms with van der Waals surface area (Å²) >= 11 is 3.54. The molecule has 0 bridgehead atoms. The van der Waals surface area contributed by atoms with Crippen LogP contribution in [0, 0.1) is 17.6 Å². The van der Waals surface area contributed by atoms with E-state index in [0.29, 0.717) is 5.56 Å². The highest BCUT2D eigenvalue weighted by molar-refractivity contribution is 9.10. The fourth-order valence-corrected chi connectivity index (χ4v) is 5.01. The lowest BCUT2D eigenvalue weighted by atomic mass is 9.76. The van der Waals surface area contributed by atoms with Crippen molar-refractivity contribution in [2.45, 2.75) is 56.6 Å². The SMILES string of the molecule is NC(=O)CC(Cc1cc(F)cc(F)c1)C(O)CNC1(c2cccc(Br)c2)CCCCC1. The highest BCUT2D eigenvalue weighted by Crippen LogP contribution is 2.38. The topological polar surface area (TPSA) is 75.4 Å². The van der Waals surface area contributed by atoms with Gasteiger partial charge in [0.25, 0.3) is 0 Å². The Kier molecular flexibility index (Phi) is 8.19. The predicted molar refractivity (Wildman–Crippen MR) is 120 cm³/mol. The van der Waals surface area contributed by atoms with Crippen LogP contribution in [0.4, 0.5) is 8.78 Å². The molecule has 1 amide bonds. The molecule has 2 aromatic rings. The van der Waals surface area contributed by atoms with E-state index in [2.05, 4.69) is 33.4 Å². The molecular formula is C24H29BrF2N2O2. The molecule has 1 aliphatic rings. The molecule has 1 saturated carbocycles. The number of carbonyl (C=O) groups is 1. The summed E-state index contributed by atoms with van der Waals surface area (Å²) in [6, 6.07) is 11.4. The first kappa shape index (κ1) is 23.8. The second kappa shape index (κ2) is 10.7. The first-order valence-corrected chi connectivity index (χ1v) is 11.5. The van der Waals surface area contributed by atoms with Crippen molar-refractivity contribution in [2.24, 2.45) is 11.7 Å². The van der Waals surface area contributed by atoms with Gasteiger partial charge in [-0.3, -0.25) is 4.79 Å². The number of nitrogens with two attached hydrogens (primary N) is 1. The van der Waals surface area contributed by atoms with Crippen molar-refractivity contribution in [1.29, 1.82) is 0 Å². The van der Waals surface area contributed by atoms with Crippen molar-refractivity contribution < 1.29 is 18.7 Å². The molecule has 1 aliphatic carbocycles. The quantitative estimate of drug-likeness (QED) is 0.477. The van der Waals surface area contributed by atoms with E-state index in [-0.39, 0.29) is 24.9 Å². The van der Waals surface area contributed by atoms with Crippen molar-refractivity contribution in [3.05, 3.63) is 69.7 Å². The maximum Gasteiger partial charge on any atom is 0.217 e. The molecule has 0 heterocycles. The number of benzene rings is 2. The predicted octanol–water partition coefficient (Wildman–Crippen LogP) is 4.57. The molecule has 31 heavy (non-hydrogen) atoms. The lowest BCUT2D eigenvalue weighted by Gasteiger charge is -2.40. The van der Waals surface area contributed by atoms with E-state index >= 15 is 0 Å². The Labute approximate surface area is 190 Å². The van der Waals surface area contributed by atoms with Crippen molar-refractivity contribution in [3.8, 4) is 0 Å². The third-order valence-corrected chi connectivity index (χ3v) is 6.65. The number of rotatable bonds is 9. The smallest absolute Gasteiger partial charge is 0.217 e. The minimum Gasteiger partial charge on any atom is -0.391 e. The highest BCUT2D eigenvalue weighted by atomic mass is 79.9. The van der Waals surface area contributed by atoms with Gasteiger partial charge in [0.1, 0.15) is 11.6 Å². The van der Waals surface area contributed by atoms with Crippen LogP contribution in [-0.2, 0) is 16.8 Å². The van der Waals surface area contributed by atoms with Crippen LogP contribution in [0.15, 0.2) is 46.9 Å². The fraction of sp³-hybridized carbons (Fsp3) is 0.458. The first-order chi connectivity index (χ1) is 14.8. The molecule has 0 aliphatic heterocycles. The molecule has 7 heteroatoms. The summed E-state index contributed by atoms with van der Waals surface area (Å²) in [5, 5.41) is 14.5. The number of hydrogen-bond donors (Lipinski definition) is 3. The van der Waals surface area contributed by atoms with Gasteiger partial charge in [0.05, 0.1) is 6.10 Å². The number of halogens is 3. The average molecular weight is 495 g/mol. The number of carbonyl (C=O) groups excluding carboxylic acids is 1. The van der Waals surface area contributed by atoms with E-state index < -0.39 is 29.6 Å². The number of amides is 1. The number of hydrogen-bond acceptors (Lipinski definition) is 3. The van der Waals surface area contributed by atoms with Crippen molar-refractivity contribution >= 4 is 21.8 Å². The van der Waals surface area contributed by atoms with Crippen LogP contribution in [0.25, 0.3) is 0 Å². The second-order valence-corrected chi connectivity index (χ2v) is 9.43. The standard InChI is InChI=1S/C24H29BrF2N2O2/c25-19-6-4-5-18(13-19)24(7-2-1-3-8-24)29-15-22(30)17(12-23(28)31)9-16-10-20(26)14-21(27)11-16/h4-6,10-11,13-14,17,22,29-30H,1-3,7-9,12,15H2,(H2,28,31). The Bertz CT molecular complexity index is 883. The van der Waals surface area contributed by atoms with Crippen LogP contribution < -0.4 is 11.1 Å². The summed E-state index contributed by atoms with van der Waals surface area (Å²) in [6.07, 6.45) is 4.44. The lowest BCUT2D eigenvalue weighted by Crippen LogP contribution is -2.48. The Hall–Kier alpha value is -1.83. The maximum atomic E-state index is 13.6. The molecule has 2 unspecified atom stereocenters. The summed E-state index contributed by atoms with van der Waals surface area (Å²) in [7, 11) is 0. The second-order valence-electron chi connectivity index (χ2n) is 8.51. The van der Waals surface area contributed by atoms with Gasteiger partial charge in [-0.05, 0) is 60.6 Å². The van der Waals surface area contributed by atoms with Crippen LogP contribution >= 0.6 is 15.9 Å². The van der Waals surface area contributed by atoms with E-state index in [1.807, 2.05) is 12.1 Å². The van der Waals surface area contributed by atoms with Crippen molar-refractivity contribution in [1.82, 2.24) is 5.32 Å². The Balaban J connectivity index is 1.76. The van der Waals surface area contributed by atoms with E-state index in [9.17, 15) is 18.7 Å². The van der Waals surface area contributed by atoms with E-state index in [1.165, 1.54) is 18.6 Å². The van der Waals surface area contributed by atoms with Gasteiger partial charge in [-0.2, -0.15) is 0 Å². The minimum atomic E-state index is -0.898. The van der Waals surface area contributed by atoms with Gasteiger partial charge in [0.2, 0.25) is 5.91 Å². The molecule has 0 saturated heterocycles. The number of primary amides is 1. The van der Waals surface area contributed by atoms with Gasteiger partial charge in [0, 0.05) is 29.0 Å². The molecule has 4 nitrogen and oxygen atoms in total. The summed E-state index contributed by atoms with van der Waals surface area (Å²) in [6.45, 7) is 0.252. The van der Waals surface area contributed by atoms with Gasteiger partial charge in [-0.1, -0.05) is 47.3 Å². The Morgan fingerprint density at radius 1 is 1.13 bits per heavy atom. The molecule has 0 aromatic heterocycles. The fourth-order valence-electron chi connectivity index (χ4n) is 4.61. The molecule has 4 N–H and O–H groups in total. The normalized spacial score (nSPS) is 17.8. The van der Waals surface area contributed by atoms with Crippen LogP contribution in [0.2, 0.25) is 0 Å². The molecular weight excluding hydrogens is 466 g/mol. The van der Waals surface area contributed by atoms with Crippen LogP contribution in [0.1, 0.15) is 49.7 Å². The first-order valence-electron chi connectivity index (χ1n) is 10.7. The number of nitrogens with one attached hydrogen (secondary N) is 1. The minimum absolute atomic E-state index is 0.0646. The van der Waals surface area contributed by atoms with Crippen LogP contribution in [0.5, 0.6) is 0 Å². The molecule has 0 radical (unpaired) electrons. The average Bonchev–Trinajstić information content (AvgIpc) is 2.71. The summed E-state index contributed by atoms with van der Waals surface area (Å²) in [5.41, 5.74) is 6.69. The molecule has 0 spiro atoms. The Morgan fingerprint density at radius 2 is 1.81 bits per heavy atom. The van der Waals surface area contributed by atoms with Gasteiger partial charge >= 0.3 is 0 Å². The molecule has 2 atom stereocenters.